The van der Waals surface area contributed by atoms with Gasteiger partial charge in [-0.1, -0.05) is 45.9 Å². The molecule has 7 heteroatoms. The van der Waals surface area contributed by atoms with E-state index >= 15 is 0 Å². The molecule has 0 saturated heterocycles. The van der Waals surface area contributed by atoms with Gasteiger partial charge in [0.25, 0.3) is 0 Å². The Labute approximate surface area is 118 Å². The van der Waals surface area contributed by atoms with Gasteiger partial charge in [0.2, 0.25) is 5.16 Å². The van der Waals surface area contributed by atoms with E-state index in [9.17, 15) is 0 Å². The fourth-order valence-electron chi connectivity index (χ4n) is 1.42. The number of likely N-dealkylation sites (N-methyl/N-ethyl adjacent to an activating group) is 1. The van der Waals surface area contributed by atoms with Gasteiger partial charge in [0.05, 0.1) is 6.54 Å². The summed E-state index contributed by atoms with van der Waals surface area (Å²) in [6.45, 7) is 1.63. The maximum atomic E-state index is 4.04. The number of aromatic nitrogens is 4. The summed E-state index contributed by atoms with van der Waals surface area (Å²) < 4.78 is 2.93. The number of thioether (sulfide) groups is 1. The van der Waals surface area contributed by atoms with Crippen molar-refractivity contribution in [3.05, 3.63) is 34.3 Å². The van der Waals surface area contributed by atoms with E-state index in [2.05, 4.69) is 42.8 Å². The molecule has 0 spiro atoms. The molecule has 0 amide bonds. The first-order valence-corrected chi connectivity index (χ1v) is 7.36. The third-order valence-corrected chi connectivity index (χ3v) is 4.17. The van der Waals surface area contributed by atoms with Crippen LogP contribution in [-0.4, -0.2) is 33.8 Å². The van der Waals surface area contributed by atoms with Crippen molar-refractivity contribution in [2.24, 2.45) is 0 Å². The summed E-state index contributed by atoms with van der Waals surface area (Å²) in [5, 5.41) is 15.7. The van der Waals surface area contributed by atoms with Crippen LogP contribution in [-0.2, 0) is 12.3 Å². The lowest BCUT2D eigenvalue weighted by molar-refractivity contribution is 0.530. The second kappa shape index (κ2) is 6.86. The highest BCUT2D eigenvalue weighted by atomic mass is 79.9. The molecule has 0 radical (unpaired) electrons. The molecule has 1 heterocycles. The number of tetrazole rings is 1. The fourth-order valence-corrected chi connectivity index (χ4v) is 2.93. The number of nitrogens with zero attached hydrogens (tertiary/aromatic N) is 4. The summed E-state index contributed by atoms with van der Waals surface area (Å²) in [5.41, 5.74) is 1.24. The second-order valence-corrected chi connectivity index (χ2v) is 5.47. The first kappa shape index (κ1) is 13.5. The van der Waals surface area contributed by atoms with E-state index in [-0.39, 0.29) is 0 Å². The van der Waals surface area contributed by atoms with E-state index in [4.69, 9.17) is 0 Å². The molecule has 0 unspecified atom stereocenters. The van der Waals surface area contributed by atoms with Gasteiger partial charge in [-0.2, -0.15) is 0 Å². The van der Waals surface area contributed by atoms with Gasteiger partial charge in [-0.3, -0.25) is 0 Å². The molecular formula is C11H14BrN5S. The average molecular weight is 328 g/mol. The molecular weight excluding hydrogens is 314 g/mol. The van der Waals surface area contributed by atoms with Crippen LogP contribution in [0.25, 0.3) is 0 Å². The van der Waals surface area contributed by atoms with Crippen LogP contribution in [0.4, 0.5) is 0 Å². The highest BCUT2D eigenvalue weighted by Gasteiger charge is 2.07. The zero-order valence-corrected chi connectivity index (χ0v) is 12.4. The Kier molecular flexibility index (Phi) is 5.15. The summed E-state index contributed by atoms with van der Waals surface area (Å²) in [6, 6.07) is 8.18. The number of hydrogen-bond acceptors (Lipinski definition) is 5. The Hall–Kier alpha value is -0.920. The van der Waals surface area contributed by atoms with Crippen LogP contribution < -0.4 is 5.32 Å². The topological polar surface area (TPSA) is 55.6 Å². The largest absolute Gasteiger partial charge is 0.318 e. The quantitative estimate of drug-likeness (QED) is 0.822. The number of hydrogen-bond donors (Lipinski definition) is 1. The van der Waals surface area contributed by atoms with E-state index < -0.39 is 0 Å². The first-order chi connectivity index (χ1) is 8.81. The number of halogens is 1. The van der Waals surface area contributed by atoms with Crippen LogP contribution in [0.2, 0.25) is 0 Å². The van der Waals surface area contributed by atoms with Gasteiger partial charge >= 0.3 is 0 Å². The molecule has 1 N–H and O–H groups in total. The molecule has 0 fully saturated rings. The lowest BCUT2D eigenvalue weighted by atomic mass is 10.2. The summed E-state index contributed by atoms with van der Waals surface area (Å²) in [5.74, 6) is 0.849. The van der Waals surface area contributed by atoms with Crippen molar-refractivity contribution >= 4 is 27.7 Å². The molecule has 0 saturated carbocycles. The lowest BCUT2D eigenvalue weighted by Crippen LogP contribution is -2.16. The summed E-state index contributed by atoms with van der Waals surface area (Å²) >= 11 is 5.18. The van der Waals surface area contributed by atoms with Gasteiger partial charge in [0.1, 0.15) is 0 Å². The van der Waals surface area contributed by atoms with Crippen molar-refractivity contribution in [2.75, 3.05) is 13.6 Å². The zero-order chi connectivity index (χ0) is 12.8. The summed E-state index contributed by atoms with van der Waals surface area (Å²) in [4.78, 5) is 0. The number of nitrogens with one attached hydrogen (secondary N) is 1. The SMILES string of the molecule is CNCCn1nnnc1SCc1ccccc1Br. The van der Waals surface area contributed by atoms with E-state index in [1.54, 1.807) is 11.8 Å². The maximum absolute atomic E-state index is 4.04. The van der Waals surface area contributed by atoms with E-state index in [1.807, 2.05) is 29.9 Å². The van der Waals surface area contributed by atoms with Gasteiger partial charge in [-0.05, 0) is 29.1 Å². The monoisotopic (exact) mass is 327 g/mol. The fraction of sp³-hybridized carbons (Fsp3) is 0.364. The third kappa shape index (κ3) is 3.54. The van der Waals surface area contributed by atoms with Gasteiger partial charge in [0.15, 0.2) is 0 Å². The smallest absolute Gasteiger partial charge is 0.209 e. The van der Waals surface area contributed by atoms with Crippen molar-refractivity contribution in [3.63, 3.8) is 0 Å². The second-order valence-electron chi connectivity index (χ2n) is 3.67. The molecule has 96 valence electrons. The molecule has 2 rings (SSSR count). The molecule has 2 aromatic rings. The van der Waals surface area contributed by atoms with Crippen molar-refractivity contribution in [1.29, 1.82) is 0 Å². The van der Waals surface area contributed by atoms with Crippen molar-refractivity contribution in [3.8, 4) is 0 Å². The van der Waals surface area contributed by atoms with Crippen LogP contribution in [0.1, 0.15) is 5.56 Å². The number of rotatable bonds is 6. The minimum absolute atomic E-state index is 0.780. The number of benzene rings is 1. The lowest BCUT2D eigenvalue weighted by Gasteiger charge is -2.05. The average Bonchev–Trinajstić information content (AvgIpc) is 2.83. The van der Waals surface area contributed by atoms with Crippen LogP contribution in [0.5, 0.6) is 0 Å². The van der Waals surface area contributed by atoms with Gasteiger partial charge in [0, 0.05) is 16.8 Å². The summed E-state index contributed by atoms with van der Waals surface area (Å²) in [6.07, 6.45) is 0. The van der Waals surface area contributed by atoms with Crippen LogP contribution >= 0.6 is 27.7 Å². The molecule has 0 atom stereocenters. The molecule has 0 aliphatic carbocycles. The Morgan fingerprint density at radius 2 is 2.22 bits per heavy atom. The van der Waals surface area contributed by atoms with Crippen molar-refractivity contribution in [2.45, 2.75) is 17.5 Å². The van der Waals surface area contributed by atoms with E-state index in [0.29, 0.717) is 0 Å². The third-order valence-electron chi connectivity index (χ3n) is 2.39. The predicted octanol–water partition coefficient (Wildman–Crippen LogP) is 1.95. The molecule has 18 heavy (non-hydrogen) atoms. The standard InChI is InChI=1S/C11H14BrN5S/c1-13-6-7-17-11(14-15-16-17)18-8-9-4-2-3-5-10(9)12/h2-5,13H,6-8H2,1H3. The minimum Gasteiger partial charge on any atom is -0.318 e. The van der Waals surface area contributed by atoms with Crippen molar-refractivity contribution < 1.29 is 0 Å². The maximum Gasteiger partial charge on any atom is 0.209 e. The van der Waals surface area contributed by atoms with Crippen LogP contribution in [0.15, 0.2) is 33.9 Å². The Bertz CT molecular complexity index is 502. The Morgan fingerprint density at radius 1 is 1.39 bits per heavy atom. The van der Waals surface area contributed by atoms with Crippen LogP contribution in [0.3, 0.4) is 0 Å². The molecule has 0 aliphatic rings. The van der Waals surface area contributed by atoms with Crippen LogP contribution in [0, 0.1) is 0 Å². The highest BCUT2D eigenvalue weighted by molar-refractivity contribution is 9.10. The molecule has 1 aromatic heterocycles. The zero-order valence-electron chi connectivity index (χ0n) is 10.0. The van der Waals surface area contributed by atoms with Gasteiger partial charge in [-0.15, -0.1) is 5.10 Å². The highest BCUT2D eigenvalue weighted by Crippen LogP contribution is 2.24. The van der Waals surface area contributed by atoms with Crippen molar-refractivity contribution in [1.82, 2.24) is 25.5 Å². The van der Waals surface area contributed by atoms with E-state index in [1.165, 1.54) is 5.56 Å². The predicted molar refractivity (Wildman–Crippen MR) is 75.4 cm³/mol. The Balaban J connectivity index is 1.98. The van der Waals surface area contributed by atoms with E-state index in [0.717, 1.165) is 28.5 Å². The minimum atomic E-state index is 0.780. The molecule has 0 bridgehead atoms. The molecule has 5 nitrogen and oxygen atoms in total. The summed E-state index contributed by atoms with van der Waals surface area (Å²) in [7, 11) is 1.91. The Morgan fingerprint density at radius 3 is 3.00 bits per heavy atom. The van der Waals surface area contributed by atoms with Gasteiger partial charge in [-0.25, -0.2) is 4.68 Å². The normalized spacial score (nSPS) is 10.8. The van der Waals surface area contributed by atoms with Gasteiger partial charge < -0.3 is 5.32 Å². The first-order valence-electron chi connectivity index (χ1n) is 5.58. The molecule has 1 aromatic carbocycles. The molecule has 0 aliphatic heterocycles.